The lowest BCUT2D eigenvalue weighted by Crippen LogP contribution is -2.51. The van der Waals surface area contributed by atoms with Gasteiger partial charge >= 0.3 is 0 Å². The van der Waals surface area contributed by atoms with Crippen molar-refractivity contribution in [1.82, 2.24) is 0 Å². The molecule has 3 aromatic carbocycles. The monoisotopic (exact) mass is 536 g/mol. The molecule has 0 unspecified atom stereocenters. The Morgan fingerprint density at radius 1 is 0.925 bits per heavy atom. The Bertz CT molecular complexity index is 1590. The lowest BCUT2D eigenvalue weighted by molar-refractivity contribution is -0.128. The SMILES string of the molecule is COc1ccc(C(=O)[C@@H]2[C@H](C(=O)C(C)(C)C)N3c4ccccc4C=C[C@H]3[C@@]23C(=O)Nc2ccccc23)cc1OC. The first-order valence-corrected chi connectivity index (χ1v) is 13.4. The highest BCUT2D eigenvalue weighted by Gasteiger charge is 2.70. The number of Topliss-reactive ketones (excluding diaryl/α,β-unsaturated/α-hetero) is 2. The number of amides is 1. The van der Waals surface area contributed by atoms with Crippen molar-refractivity contribution in [3.05, 3.63) is 89.5 Å². The largest absolute Gasteiger partial charge is 0.493 e. The summed E-state index contributed by atoms with van der Waals surface area (Å²) in [6.07, 6.45) is 3.98. The Labute approximate surface area is 233 Å². The fourth-order valence-corrected chi connectivity index (χ4v) is 6.73. The van der Waals surface area contributed by atoms with Crippen LogP contribution in [0, 0.1) is 11.3 Å². The standard InChI is InChI=1S/C33H32N2O5/c1-32(2,3)30(37)28-27(29(36)20-14-16-24(39-4)25(18-20)40-5)33(21-11-7-8-12-22(21)34-31(33)38)26-17-15-19-10-6-9-13-23(19)35(26)28/h6-18,26-28H,1-5H3,(H,34,38)/t26-,27-,28+,33+/m0/s1. The van der Waals surface area contributed by atoms with Crippen molar-refractivity contribution < 1.29 is 23.9 Å². The van der Waals surface area contributed by atoms with E-state index in [1.165, 1.54) is 14.2 Å². The molecule has 6 rings (SSSR count). The number of hydrogen-bond acceptors (Lipinski definition) is 6. The van der Waals surface area contributed by atoms with E-state index < -0.39 is 28.8 Å². The van der Waals surface area contributed by atoms with Crippen LogP contribution in [0.4, 0.5) is 11.4 Å². The highest BCUT2D eigenvalue weighted by atomic mass is 16.5. The van der Waals surface area contributed by atoms with Gasteiger partial charge in [0.1, 0.15) is 11.5 Å². The van der Waals surface area contributed by atoms with Gasteiger partial charge in [-0.3, -0.25) is 14.4 Å². The van der Waals surface area contributed by atoms with Crippen LogP contribution >= 0.6 is 0 Å². The van der Waals surface area contributed by atoms with E-state index >= 15 is 0 Å². The van der Waals surface area contributed by atoms with Crippen LogP contribution in [-0.2, 0) is 15.0 Å². The van der Waals surface area contributed by atoms with Crippen molar-refractivity contribution in [2.24, 2.45) is 11.3 Å². The third-order valence-corrected chi connectivity index (χ3v) is 8.50. The van der Waals surface area contributed by atoms with Gasteiger partial charge in [0.2, 0.25) is 5.91 Å². The number of nitrogens with one attached hydrogen (secondary N) is 1. The number of anilines is 2. The molecule has 1 spiro atoms. The molecule has 0 radical (unpaired) electrons. The van der Waals surface area contributed by atoms with Crippen LogP contribution in [-0.4, -0.2) is 43.8 Å². The minimum absolute atomic E-state index is 0.101. The quantitative estimate of drug-likeness (QED) is 0.446. The highest BCUT2D eigenvalue weighted by molar-refractivity contribution is 6.17. The van der Waals surface area contributed by atoms with E-state index in [-0.39, 0.29) is 17.5 Å². The normalized spacial score (nSPS) is 24.3. The van der Waals surface area contributed by atoms with Crippen molar-refractivity contribution in [3.63, 3.8) is 0 Å². The second-order valence-corrected chi connectivity index (χ2v) is 11.6. The maximum Gasteiger partial charge on any atom is 0.238 e. The Morgan fingerprint density at radius 3 is 2.35 bits per heavy atom. The van der Waals surface area contributed by atoms with Gasteiger partial charge in [-0.05, 0) is 41.5 Å². The summed E-state index contributed by atoms with van der Waals surface area (Å²) in [5, 5.41) is 3.05. The first-order valence-electron chi connectivity index (χ1n) is 13.4. The third kappa shape index (κ3) is 3.46. The molecule has 40 heavy (non-hydrogen) atoms. The van der Waals surface area contributed by atoms with E-state index in [0.717, 1.165) is 16.8 Å². The van der Waals surface area contributed by atoms with Crippen molar-refractivity contribution in [2.75, 3.05) is 24.4 Å². The van der Waals surface area contributed by atoms with Gasteiger partial charge < -0.3 is 19.7 Å². The van der Waals surface area contributed by atoms with Crippen LogP contribution in [0.1, 0.15) is 42.3 Å². The average Bonchev–Trinajstić information content (AvgIpc) is 3.43. The fourth-order valence-electron chi connectivity index (χ4n) is 6.73. The topological polar surface area (TPSA) is 84.9 Å². The van der Waals surface area contributed by atoms with E-state index in [0.29, 0.717) is 22.7 Å². The van der Waals surface area contributed by atoms with Crippen molar-refractivity contribution in [3.8, 4) is 11.5 Å². The van der Waals surface area contributed by atoms with E-state index in [1.807, 2.05) is 86.4 Å². The number of hydrogen-bond donors (Lipinski definition) is 1. The summed E-state index contributed by atoms with van der Waals surface area (Å²) < 4.78 is 10.9. The van der Waals surface area contributed by atoms with E-state index in [2.05, 4.69) is 5.32 Å². The molecule has 0 aliphatic carbocycles. The van der Waals surface area contributed by atoms with Crippen molar-refractivity contribution >= 4 is 34.9 Å². The summed E-state index contributed by atoms with van der Waals surface area (Å²) in [6, 6.07) is 18.8. The van der Waals surface area contributed by atoms with Gasteiger partial charge in [0, 0.05) is 22.4 Å². The van der Waals surface area contributed by atoms with Crippen LogP contribution in [0.5, 0.6) is 11.5 Å². The number of nitrogens with zero attached hydrogens (tertiary/aromatic N) is 1. The van der Waals surface area contributed by atoms with E-state index in [1.54, 1.807) is 18.2 Å². The third-order valence-electron chi connectivity index (χ3n) is 8.50. The number of methoxy groups -OCH3 is 2. The minimum Gasteiger partial charge on any atom is -0.493 e. The molecule has 204 valence electrons. The Kier molecular flexibility index (Phi) is 5.87. The van der Waals surface area contributed by atoms with Crippen LogP contribution in [0.2, 0.25) is 0 Å². The summed E-state index contributed by atoms with van der Waals surface area (Å²) in [6.45, 7) is 5.59. The smallest absolute Gasteiger partial charge is 0.238 e. The summed E-state index contributed by atoms with van der Waals surface area (Å²) in [5.41, 5.74) is 1.39. The van der Waals surface area contributed by atoms with Gasteiger partial charge in [-0.25, -0.2) is 0 Å². The fraction of sp³-hybridized carbons (Fsp3) is 0.303. The number of carbonyl (C=O) groups excluding carboxylic acids is 3. The van der Waals surface area contributed by atoms with Gasteiger partial charge in [0.05, 0.1) is 26.2 Å². The highest BCUT2D eigenvalue weighted by Crippen LogP contribution is 2.58. The number of fused-ring (bicyclic) bond motifs is 6. The maximum absolute atomic E-state index is 14.8. The van der Waals surface area contributed by atoms with Crippen LogP contribution < -0.4 is 19.7 Å². The van der Waals surface area contributed by atoms with Gasteiger partial charge in [-0.15, -0.1) is 0 Å². The zero-order valence-corrected chi connectivity index (χ0v) is 23.2. The van der Waals surface area contributed by atoms with Crippen LogP contribution in [0.3, 0.4) is 0 Å². The Balaban J connectivity index is 1.66. The van der Waals surface area contributed by atoms with Crippen LogP contribution in [0.15, 0.2) is 72.8 Å². The number of rotatable bonds is 5. The summed E-state index contributed by atoms with van der Waals surface area (Å²) in [4.78, 5) is 45.7. The molecule has 3 aromatic rings. The first kappa shape index (κ1) is 25.9. The molecular formula is C33H32N2O5. The molecule has 1 fully saturated rings. The van der Waals surface area contributed by atoms with Crippen LogP contribution in [0.25, 0.3) is 6.08 Å². The van der Waals surface area contributed by atoms with E-state index in [4.69, 9.17) is 9.47 Å². The lowest BCUT2D eigenvalue weighted by atomic mass is 9.63. The predicted octanol–water partition coefficient (Wildman–Crippen LogP) is 5.29. The number of ketones is 2. The molecule has 3 aliphatic rings. The maximum atomic E-state index is 14.8. The lowest BCUT2D eigenvalue weighted by Gasteiger charge is -2.38. The predicted molar refractivity (Wildman–Crippen MR) is 154 cm³/mol. The molecule has 0 saturated carbocycles. The van der Waals surface area contributed by atoms with E-state index in [9.17, 15) is 14.4 Å². The number of ether oxygens (including phenoxy) is 2. The molecule has 1 saturated heterocycles. The second kappa shape index (κ2) is 9.08. The molecule has 1 amide bonds. The molecule has 3 aliphatic heterocycles. The molecule has 0 aromatic heterocycles. The zero-order chi connectivity index (χ0) is 28.4. The summed E-state index contributed by atoms with van der Waals surface area (Å²) >= 11 is 0. The molecule has 3 heterocycles. The first-order chi connectivity index (χ1) is 19.1. The Hall–Kier alpha value is -4.39. The van der Waals surface area contributed by atoms with Gasteiger partial charge in [0.25, 0.3) is 0 Å². The summed E-state index contributed by atoms with van der Waals surface area (Å²) in [7, 11) is 3.04. The zero-order valence-electron chi connectivity index (χ0n) is 23.2. The van der Waals surface area contributed by atoms with Crippen molar-refractivity contribution in [2.45, 2.75) is 38.3 Å². The molecular weight excluding hydrogens is 504 g/mol. The molecule has 0 bridgehead atoms. The van der Waals surface area contributed by atoms with Gasteiger partial charge in [-0.2, -0.15) is 0 Å². The van der Waals surface area contributed by atoms with Gasteiger partial charge in [0.15, 0.2) is 23.1 Å². The molecule has 1 N–H and O–H groups in total. The summed E-state index contributed by atoms with van der Waals surface area (Å²) in [5.74, 6) is -0.803. The number of para-hydroxylation sites is 2. The Morgan fingerprint density at radius 2 is 1.62 bits per heavy atom. The molecule has 7 nitrogen and oxygen atoms in total. The molecule has 4 atom stereocenters. The van der Waals surface area contributed by atoms with Gasteiger partial charge in [-0.1, -0.05) is 69.3 Å². The average molecular weight is 537 g/mol. The minimum atomic E-state index is -1.34. The number of benzene rings is 3. The molecule has 7 heteroatoms. The number of carbonyl (C=O) groups is 3. The second-order valence-electron chi connectivity index (χ2n) is 11.6. The van der Waals surface area contributed by atoms with Crippen molar-refractivity contribution in [1.29, 1.82) is 0 Å².